The summed E-state index contributed by atoms with van der Waals surface area (Å²) in [6.45, 7) is 3.90. The Morgan fingerprint density at radius 2 is 2.10 bits per heavy atom. The van der Waals surface area contributed by atoms with Gasteiger partial charge >= 0.3 is 0 Å². The molecule has 2 rings (SSSR count). The van der Waals surface area contributed by atoms with E-state index in [1.54, 1.807) is 14.2 Å². The fraction of sp³-hybridized carbons (Fsp3) is 0.600. The topological polar surface area (TPSA) is 51.2 Å². The monoisotopic (exact) mass is 281 g/mol. The second kappa shape index (κ2) is 7.47. The Balaban J connectivity index is 2.08. The molecular weight excluding hydrogens is 258 g/mol. The SMILES string of the molecule is COc1ccc(OC)c(C(O)CN2CCCOCC2)c1. The first-order valence-electron chi connectivity index (χ1n) is 6.94. The molecule has 0 amide bonds. The third-order valence-corrected chi connectivity index (χ3v) is 3.54. The lowest BCUT2D eigenvalue weighted by molar-refractivity contribution is 0.101. The van der Waals surface area contributed by atoms with Crippen molar-refractivity contribution in [3.05, 3.63) is 23.8 Å². The Hall–Kier alpha value is -1.30. The highest BCUT2D eigenvalue weighted by Crippen LogP contribution is 2.29. The Kier molecular flexibility index (Phi) is 5.64. The molecule has 1 fully saturated rings. The van der Waals surface area contributed by atoms with Gasteiger partial charge in [-0.3, -0.25) is 4.90 Å². The fourth-order valence-electron chi connectivity index (χ4n) is 2.42. The molecule has 1 unspecified atom stereocenters. The van der Waals surface area contributed by atoms with E-state index in [-0.39, 0.29) is 0 Å². The summed E-state index contributed by atoms with van der Waals surface area (Å²) in [7, 11) is 3.22. The third kappa shape index (κ3) is 3.85. The molecule has 0 aromatic heterocycles. The maximum atomic E-state index is 10.5. The van der Waals surface area contributed by atoms with E-state index in [1.807, 2.05) is 18.2 Å². The first-order valence-corrected chi connectivity index (χ1v) is 6.94. The average Bonchev–Trinajstić information content (AvgIpc) is 2.75. The van der Waals surface area contributed by atoms with Gasteiger partial charge in [0.1, 0.15) is 11.5 Å². The standard InChI is InChI=1S/C15H23NO4/c1-18-12-4-5-15(19-2)13(10-12)14(17)11-16-6-3-8-20-9-7-16/h4-5,10,14,17H,3,6-9,11H2,1-2H3. The summed E-state index contributed by atoms with van der Waals surface area (Å²) in [4.78, 5) is 2.22. The maximum absolute atomic E-state index is 10.5. The molecule has 1 aliphatic heterocycles. The van der Waals surface area contributed by atoms with Crippen LogP contribution in [0.5, 0.6) is 11.5 Å². The second-order valence-electron chi connectivity index (χ2n) is 4.89. The second-order valence-corrected chi connectivity index (χ2v) is 4.89. The minimum atomic E-state index is -0.599. The lowest BCUT2D eigenvalue weighted by atomic mass is 10.1. The summed E-state index contributed by atoms with van der Waals surface area (Å²) in [6, 6.07) is 5.48. The van der Waals surface area contributed by atoms with Crippen LogP contribution in [-0.2, 0) is 4.74 Å². The van der Waals surface area contributed by atoms with Gasteiger partial charge in [0, 0.05) is 31.8 Å². The Morgan fingerprint density at radius 1 is 1.25 bits per heavy atom. The van der Waals surface area contributed by atoms with Crippen LogP contribution in [0.1, 0.15) is 18.1 Å². The lowest BCUT2D eigenvalue weighted by Crippen LogP contribution is -2.31. The Bertz CT molecular complexity index is 416. The number of benzene rings is 1. The van der Waals surface area contributed by atoms with E-state index in [1.165, 1.54) is 0 Å². The molecule has 1 aromatic carbocycles. The highest BCUT2D eigenvalue weighted by molar-refractivity contribution is 5.41. The molecule has 0 aliphatic carbocycles. The molecule has 112 valence electrons. The van der Waals surface area contributed by atoms with E-state index in [0.29, 0.717) is 12.3 Å². The average molecular weight is 281 g/mol. The number of methoxy groups -OCH3 is 2. The van der Waals surface area contributed by atoms with Gasteiger partial charge in [-0.15, -0.1) is 0 Å². The summed E-state index contributed by atoms with van der Waals surface area (Å²) in [6.07, 6.45) is 0.403. The van der Waals surface area contributed by atoms with Gasteiger partial charge in [0.2, 0.25) is 0 Å². The van der Waals surface area contributed by atoms with E-state index < -0.39 is 6.10 Å². The van der Waals surface area contributed by atoms with Crippen molar-refractivity contribution >= 4 is 0 Å². The van der Waals surface area contributed by atoms with E-state index in [0.717, 1.165) is 44.0 Å². The van der Waals surface area contributed by atoms with Crippen LogP contribution < -0.4 is 9.47 Å². The van der Waals surface area contributed by atoms with Crippen molar-refractivity contribution in [3.8, 4) is 11.5 Å². The highest BCUT2D eigenvalue weighted by Gasteiger charge is 2.19. The first kappa shape index (κ1) is 15.1. The van der Waals surface area contributed by atoms with Crippen LogP contribution in [0.25, 0.3) is 0 Å². The van der Waals surface area contributed by atoms with E-state index in [4.69, 9.17) is 14.2 Å². The Morgan fingerprint density at radius 3 is 2.85 bits per heavy atom. The third-order valence-electron chi connectivity index (χ3n) is 3.54. The molecule has 20 heavy (non-hydrogen) atoms. The summed E-state index contributed by atoms with van der Waals surface area (Å²) >= 11 is 0. The van der Waals surface area contributed by atoms with Gasteiger partial charge < -0.3 is 19.3 Å². The number of β-amino-alcohol motifs (C(OH)–C–C–N with tert-alkyl or cyclic N) is 1. The smallest absolute Gasteiger partial charge is 0.124 e. The van der Waals surface area contributed by atoms with Crippen LogP contribution >= 0.6 is 0 Å². The summed E-state index contributed by atoms with van der Waals surface area (Å²) in [5.41, 5.74) is 0.761. The normalized spacial score (nSPS) is 18.4. The van der Waals surface area contributed by atoms with Crippen LogP contribution in [0, 0.1) is 0 Å². The van der Waals surface area contributed by atoms with Crippen molar-refractivity contribution in [3.63, 3.8) is 0 Å². The van der Waals surface area contributed by atoms with Gasteiger partial charge in [0.15, 0.2) is 0 Å². The quantitative estimate of drug-likeness (QED) is 0.885. The maximum Gasteiger partial charge on any atom is 0.124 e. The molecule has 0 saturated carbocycles. The van der Waals surface area contributed by atoms with Crippen molar-refractivity contribution in [1.82, 2.24) is 4.90 Å². The molecule has 0 radical (unpaired) electrons. The summed E-state index contributed by atoms with van der Waals surface area (Å²) in [5, 5.41) is 10.5. The summed E-state index contributed by atoms with van der Waals surface area (Å²) < 4.78 is 16.0. The molecular formula is C15H23NO4. The molecule has 1 saturated heterocycles. The number of hydrogen-bond donors (Lipinski definition) is 1. The largest absolute Gasteiger partial charge is 0.497 e. The van der Waals surface area contributed by atoms with Crippen molar-refractivity contribution in [2.75, 3.05) is 47.1 Å². The van der Waals surface area contributed by atoms with E-state index >= 15 is 0 Å². The van der Waals surface area contributed by atoms with E-state index in [2.05, 4.69) is 4.90 Å². The number of ether oxygens (including phenoxy) is 3. The molecule has 1 aromatic rings. The van der Waals surface area contributed by atoms with Crippen LogP contribution in [0.2, 0.25) is 0 Å². The van der Waals surface area contributed by atoms with Gasteiger partial charge in [-0.1, -0.05) is 0 Å². The van der Waals surface area contributed by atoms with Crippen LogP contribution in [0.15, 0.2) is 18.2 Å². The van der Waals surface area contributed by atoms with E-state index in [9.17, 15) is 5.11 Å². The van der Waals surface area contributed by atoms with Crippen molar-refractivity contribution in [1.29, 1.82) is 0 Å². The van der Waals surface area contributed by atoms with Gasteiger partial charge in [0.05, 0.1) is 26.9 Å². The molecule has 0 bridgehead atoms. The molecule has 5 nitrogen and oxygen atoms in total. The zero-order valence-corrected chi connectivity index (χ0v) is 12.2. The zero-order valence-electron chi connectivity index (χ0n) is 12.2. The number of aliphatic hydroxyl groups excluding tert-OH is 1. The highest BCUT2D eigenvalue weighted by atomic mass is 16.5. The number of rotatable bonds is 5. The van der Waals surface area contributed by atoms with Gasteiger partial charge in [-0.05, 0) is 24.6 Å². The summed E-state index contributed by atoms with van der Waals surface area (Å²) in [5.74, 6) is 1.41. The molecule has 1 aliphatic rings. The zero-order chi connectivity index (χ0) is 14.4. The predicted octanol–water partition coefficient (Wildman–Crippen LogP) is 1.46. The predicted molar refractivity (Wildman–Crippen MR) is 76.4 cm³/mol. The van der Waals surface area contributed by atoms with Crippen molar-refractivity contribution in [2.24, 2.45) is 0 Å². The molecule has 1 N–H and O–H groups in total. The van der Waals surface area contributed by atoms with Gasteiger partial charge in [-0.25, -0.2) is 0 Å². The Labute approximate surface area is 120 Å². The molecule has 1 atom stereocenters. The lowest BCUT2D eigenvalue weighted by Gasteiger charge is -2.24. The number of hydrogen-bond acceptors (Lipinski definition) is 5. The molecule has 5 heteroatoms. The van der Waals surface area contributed by atoms with Crippen LogP contribution in [0.4, 0.5) is 0 Å². The van der Waals surface area contributed by atoms with Gasteiger partial charge in [-0.2, -0.15) is 0 Å². The minimum absolute atomic E-state index is 0.576. The van der Waals surface area contributed by atoms with Crippen molar-refractivity contribution in [2.45, 2.75) is 12.5 Å². The molecule has 1 heterocycles. The fourth-order valence-corrected chi connectivity index (χ4v) is 2.42. The number of aliphatic hydroxyl groups is 1. The minimum Gasteiger partial charge on any atom is -0.497 e. The molecule has 0 spiro atoms. The van der Waals surface area contributed by atoms with Crippen LogP contribution in [0.3, 0.4) is 0 Å². The number of nitrogens with zero attached hydrogens (tertiary/aromatic N) is 1. The van der Waals surface area contributed by atoms with Crippen LogP contribution in [-0.4, -0.2) is 57.1 Å². The van der Waals surface area contributed by atoms with Gasteiger partial charge in [0.25, 0.3) is 0 Å². The van der Waals surface area contributed by atoms with Crippen molar-refractivity contribution < 1.29 is 19.3 Å². The first-order chi connectivity index (χ1) is 9.74.